The topological polar surface area (TPSA) is 32.5 Å². The number of fused-ring (bicyclic) bond motifs is 1. The smallest absolute Gasteiger partial charge is 0.0498 e. The van der Waals surface area contributed by atoms with Gasteiger partial charge in [0.05, 0.1) is 0 Å². The summed E-state index contributed by atoms with van der Waals surface area (Å²) in [6.45, 7) is 10.4. The van der Waals surface area contributed by atoms with Crippen molar-refractivity contribution in [2.75, 3.05) is 32.7 Å². The molecule has 0 aromatic rings. The van der Waals surface area contributed by atoms with E-state index in [1.807, 2.05) is 0 Å². The van der Waals surface area contributed by atoms with Crippen molar-refractivity contribution in [2.45, 2.75) is 64.0 Å². The third kappa shape index (κ3) is 2.45. The van der Waals surface area contributed by atoms with Crippen LogP contribution in [0.25, 0.3) is 0 Å². The molecule has 0 saturated carbocycles. The van der Waals surface area contributed by atoms with Crippen molar-refractivity contribution in [1.29, 1.82) is 0 Å². The van der Waals surface area contributed by atoms with Crippen LogP contribution in [0.15, 0.2) is 0 Å². The summed E-state index contributed by atoms with van der Waals surface area (Å²) in [6, 6.07) is 0.731. The first-order valence-electron chi connectivity index (χ1n) is 7.97. The van der Waals surface area contributed by atoms with Crippen molar-refractivity contribution in [1.82, 2.24) is 9.80 Å². The lowest BCUT2D eigenvalue weighted by molar-refractivity contribution is 0.0371. The van der Waals surface area contributed by atoms with Gasteiger partial charge >= 0.3 is 0 Å². The molecule has 2 saturated heterocycles. The van der Waals surface area contributed by atoms with Gasteiger partial charge in [0.1, 0.15) is 0 Å². The molecule has 2 aliphatic rings. The van der Waals surface area contributed by atoms with E-state index in [1.54, 1.807) is 0 Å². The summed E-state index contributed by atoms with van der Waals surface area (Å²) in [5.74, 6) is 0. The van der Waals surface area contributed by atoms with E-state index in [4.69, 9.17) is 5.73 Å². The monoisotopic (exact) mass is 253 g/mol. The van der Waals surface area contributed by atoms with Crippen LogP contribution in [-0.2, 0) is 0 Å². The standard InChI is InChI=1S/C15H31N3/c1-3-9-18(10-4-2)15(13-16)8-12-17-11-6-5-7-14(15)17/h14H,3-13,16H2,1-2H3. The highest BCUT2D eigenvalue weighted by atomic mass is 15.3. The predicted molar refractivity (Wildman–Crippen MR) is 77.8 cm³/mol. The van der Waals surface area contributed by atoms with E-state index in [-0.39, 0.29) is 5.54 Å². The molecule has 2 N–H and O–H groups in total. The Morgan fingerprint density at radius 2 is 1.89 bits per heavy atom. The van der Waals surface area contributed by atoms with Crippen LogP contribution in [0.1, 0.15) is 52.4 Å². The number of hydrogen-bond donors (Lipinski definition) is 1. The minimum atomic E-state index is 0.284. The molecule has 0 aromatic heterocycles. The average Bonchev–Trinajstić information content (AvgIpc) is 2.78. The second kappa shape index (κ2) is 6.36. The second-order valence-corrected chi connectivity index (χ2v) is 6.09. The molecule has 0 aromatic carbocycles. The molecule has 0 bridgehead atoms. The molecule has 2 atom stereocenters. The molecule has 3 nitrogen and oxygen atoms in total. The lowest BCUT2D eigenvalue weighted by Crippen LogP contribution is -2.62. The number of piperidine rings is 1. The van der Waals surface area contributed by atoms with E-state index in [9.17, 15) is 0 Å². The van der Waals surface area contributed by atoms with E-state index in [0.29, 0.717) is 0 Å². The van der Waals surface area contributed by atoms with Crippen molar-refractivity contribution >= 4 is 0 Å². The highest BCUT2D eigenvalue weighted by Crippen LogP contribution is 2.39. The molecule has 0 spiro atoms. The van der Waals surface area contributed by atoms with Gasteiger partial charge in [-0.25, -0.2) is 0 Å². The molecular formula is C15H31N3. The van der Waals surface area contributed by atoms with Gasteiger partial charge in [0.15, 0.2) is 0 Å². The molecule has 2 unspecified atom stereocenters. The van der Waals surface area contributed by atoms with Crippen molar-refractivity contribution in [3.63, 3.8) is 0 Å². The van der Waals surface area contributed by atoms with Crippen molar-refractivity contribution in [3.05, 3.63) is 0 Å². The van der Waals surface area contributed by atoms with Gasteiger partial charge in [-0.05, 0) is 51.7 Å². The maximum absolute atomic E-state index is 6.27. The molecule has 2 heterocycles. The first kappa shape index (κ1) is 14.3. The van der Waals surface area contributed by atoms with Crippen LogP contribution in [0.5, 0.6) is 0 Å². The van der Waals surface area contributed by atoms with Crippen molar-refractivity contribution in [2.24, 2.45) is 5.73 Å². The maximum atomic E-state index is 6.27. The molecule has 2 aliphatic heterocycles. The quantitative estimate of drug-likeness (QED) is 0.786. The lowest BCUT2D eigenvalue weighted by atomic mass is 9.83. The summed E-state index contributed by atoms with van der Waals surface area (Å²) >= 11 is 0. The van der Waals surface area contributed by atoms with Gasteiger partial charge in [-0.3, -0.25) is 9.80 Å². The van der Waals surface area contributed by atoms with Gasteiger partial charge in [-0.1, -0.05) is 20.3 Å². The highest BCUT2D eigenvalue weighted by Gasteiger charge is 2.49. The summed E-state index contributed by atoms with van der Waals surface area (Å²) in [7, 11) is 0. The fourth-order valence-electron chi connectivity index (χ4n) is 4.20. The Hall–Kier alpha value is -0.120. The third-order valence-electron chi connectivity index (χ3n) is 5.04. The van der Waals surface area contributed by atoms with Crippen LogP contribution >= 0.6 is 0 Å². The zero-order chi connectivity index (χ0) is 13.0. The Bertz CT molecular complexity index is 250. The van der Waals surface area contributed by atoms with E-state index >= 15 is 0 Å². The van der Waals surface area contributed by atoms with E-state index in [1.165, 1.54) is 64.7 Å². The lowest BCUT2D eigenvalue weighted by Gasteiger charge is -2.47. The molecule has 2 rings (SSSR count). The van der Waals surface area contributed by atoms with Crippen molar-refractivity contribution in [3.8, 4) is 0 Å². The number of rotatable bonds is 6. The minimum absolute atomic E-state index is 0.284. The normalized spacial score (nSPS) is 33.0. The molecular weight excluding hydrogens is 222 g/mol. The molecule has 2 fully saturated rings. The first-order chi connectivity index (χ1) is 8.78. The Balaban J connectivity index is 2.17. The largest absolute Gasteiger partial charge is 0.329 e. The molecule has 0 amide bonds. The summed E-state index contributed by atoms with van der Waals surface area (Å²) in [6.07, 6.45) is 7.92. The SMILES string of the molecule is CCCN(CCC)C1(CN)CCN2CCCCC21. The second-order valence-electron chi connectivity index (χ2n) is 6.09. The number of nitrogens with two attached hydrogens (primary N) is 1. The summed E-state index contributed by atoms with van der Waals surface area (Å²) in [4.78, 5) is 5.44. The zero-order valence-electron chi connectivity index (χ0n) is 12.3. The van der Waals surface area contributed by atoms with E-state index < -0.39 is 0 Å². The Morgan fingerprint density at radius 1 is 1.17 bits per heavy atom. The van der Waals surface area contributed by atoms with Gasteiger partial charge in [0.25, 0.3) is 0 Å². The first-order valence-corrected chi connectivity index (χ1v) is 7.97. The summed E-state index contributed by atoms with van der Waals surface area (Å²) < 4.78 is 0. The fourth-order valence-corrected chi connectivity index (χ4v) is 4.20. The van der Waals surface area contributed by atoms with Gasteiger partial charge in [0.2, 0.25) is 0 Å². The van der Waals surface area contributed by atoms with E-state index in [0.717, 1.165) is 12.6 Å². The molecule has 106 valence electrons. The third-order valence-corrected chi connectivity index (χ3v) is 5.04. The van der Waals surface area contributed by atoms with Crippen LogP contribution < -0.4 is 5.73 Å². The summed E-state index contributed by atoms with van der Waals surface area (Å²) in [5.41, 5.74) is 6.55. The molecule has 3 heteroatoms. The van der Waals surface area contributed by atoms with Crippen LogP contribution in [-0.4, -0.2) is 54.1 Å². The summed E-state index contributed by atoms with van der Waals surface area (Å²) in [5, 5.41) is 0. The van der Waals surface area contributed by atoms with Gasteiger partial charge in [-0.2, -0.15) is 0 Å². The van der Waals surface area contributed by atoms with Crippen LogP contribution in [0.4, 0.5) is 0 Å². The van der Waals surface area contributed by atoms with Crippen LogP contribution in [0, 0.1) is 0 Å². The van der Waals surface area contributed by atoms with Crippen molar-refractivity contribution < 1.29 is 0 Å². The fraction of sp³-hybridized carbons (Fsp3) is 1.00. The number of hydrogen-bond acceptors (Lipinski definition) is 3. The number of nitrogens with zero attached hydrogens (tertiary/aromatic N) is 2. The van der Waals surface area contributed by atoms with E-state index in [2.05, 4.69) is 23.6 Å². The maximum Gasteiger partial charge on any atom is 0.0498 e. The molecule has 18 heavy (non-hydrogen) atoms. The van der Waals surface area contributed by atoms with Crippen LogP contribution in [0.2, 0.25) is 0 Å². The average molecular weight is 253 g/mol. The predicted octanol–water partition coefficient (Wildman–Crippen LogP) is 2.06. The van der Waals surface area contributed by atoms with Gasteiger partial charge < -0.3 is 5.73 Å². The Labute approximate surface area is 113 Å². The molecule has 0 radical (unpaired) electrons. The van der Waals surface area contributed by atoms with Gasteiger partial charge in [0, 0.05) is 24.7 Å². The highest BCUT2D eigenvalue weighted by molar-refractivity contribution is 5.08. The van der Waals surface area contributed by atoms with Crippen LogP contribution in [0.3, 0.4) is 0 Å². The zero-order valence-corrected chi connectivity index (χ0v) is 12.3. The minimum Gasteiger partial charge on any atom is -0.329 e. The Morgan fingerprint density at radius 3 is 2.50 bits per heavy atom. The molecule has 0 aliphatic carbocycles. The van der Waals surface area contributed by atoms with Gasteiger partial charge in [-0.15, -0.1) is 0 Å². The Kier molecular flexibility index (Phi) is 5.05.